The van der Waals surface area contributed by atoms with Crippen LogP contribution in [0.5, 0.6) is 5.75 Å². The monoisotopic (exact) mass is 207 g/mol. The molecule has 0 aromatic carbocycles. The second kappa shape index (κ2) is 4.59. The maximum Gasteiger partial charge on any atom is 0.142 e. The largest absolute Gasteiger partial charge is 0.495 e. The van der Waals surface area contributed by atoms with Gasteiger partial charge in [0.2, 0.25) is 0 Å². The van der Waals surface area contributed by atoms with Gasteiger partial charge in [0, 0.05) is 25.8 Å². The van der Waals surface area contributed by atoms with Crippen molar-refractivity contribution in [2.75, 3.05) is 33.8 Å². The summed E-state index contributed by atoms with van der Waals surface area (Å²) >= 11 is 0. The van der Waals surface area contributed by atoms with Gasteiger partial charge in [-0.2, -0.15) is 0 Å². The fourth-order valence-electron chi connectivity index (χ4n) is 1.94. The highest BCUT2D eigenvalue weighted by atomic mass is 16.5. The van der Waals surface area contributed by atoms with Gasteiger partial charge in [0.15, 0.2) is 0 Å². The lowest BCUT2D eigenvalue weighted by Gasteiger charge is -2.33. The van der Waals surface area contributed by atoms with E-state index in [4.69, 9.17) is 4.74 Å². The number of rotatable bonds is 2. The van der Waals surface area contributed by atoms with Crippen molar-refractivity contribution in [2.24, 2.45) is 0 Å². The molecule has 0 amide bonds. The molecule has 1 saturated heterocycles. The first-order valence-electron chi connectivity index (χ1n) is 5.23. The number of hydrogen-bond acceptors (Lipinski definition) is 4. The third-order valence-electron chi connectivity index (χ3n) is 2.85. The van der Waals surface area contributed by atoms with Crippen LogP contribution in [0.4, 0.5) is 0 Å². The van der Waals surface area contributed by atoms with E-state index >= 15 is 0 Å². The van der Waals surface area contributed by atoms with Crippen molar-refractivity contribution in [1.29, 1.82) is 0 Å². The maximum absolute atomic E-state index is 5.33. The van der Waals surface area contributed by atoms with E-state index in [1.54, 1.807) is 7.11 Å². The number of methoxy groups -OCH3 is 1. The van der Waals surface area contributed by atoms with Gasteiger partial charge < -0.3 is 10.1 Å². The lowest BCUT2D eigenvalue weighted by molar-refractivity contribution is 0.194. The van der Waals surface area contributed by atoms with Gasteiger partial charge in [0.25, 0.3) is 0 Å². The smallest absolute Gasteiger partial charge is 0.142 e. The first kappa shape index (κ1) is 10.4. The van der Waals surface area contributed by atoms with E-state index in [1.165, 1.54) is 0 Å². The Balaban J connectivity index is 2.26. The molecule has 1 atom stereocenters. The van der Waals surface area contributed by atoms with Crippen molar-refractivity contribution in [2.45, 2.75) is 6.04 Å². The Kier molecular flexibility index (Phi) is 3.18. The topological polar surface area (TPSA) is 37.4 Å². The second-order valence-electron chi connectivity index (χ2n) is 3.79. The minimum absolute atomic E-state index is 0.315. The minimum Gasteiger partial charge on any atom is -0.495 e. The van der Waals surface area contributed by atoms with E-state index in [1.807, 2.05) is 18.3 Å². The number of aromatic nitrogens is 1. The average Bonchev–Trinajstić information content (AvgIpc) is 2.30. The van der Waals surface area contributed by atoms with Gasteiger partial charge in [-0.25, -0.2) is 0 Å². The number of nitrogens with zero attached hydrogens (tertiary/aromatic N) is 2. The molecule has 1 aliphatic heterocycles. The summed E-state index contributed by atoms with van der Waals surface area (Å²) in [6, 6.07) is 4.18. The van der Waals surface area contributed by atoms with Gasteiger partial charge in [-0.3, -0.25) is 9.88 Å². The molecule has 2 heterocycles. The predicted molar refractivity (Wildman–Crippen MR) is 59.0 cm³/mol. The molecular formula is C11H17N3O. The Bertz CT molecular complexity index is 329. The molecule has 0 aliphatic carbocycles. The highest BCUT2D eigenvalue weighted by Crippen LogP contribution is 2.26. The summed E-state index contributed by atoms with van der Waals surface area (Å²) in [7, 11) is 3.82. The summed E-state index contributed by atoms with van der Waals surface area (Å²) in [4.78, 5) is 6.72. The summed E-state index contributed by atoms with van der Waals surface area (Å²) in [5.74, 6) is 0.873. The van der Waals surface area contributed by atoms with Crippen LogP contribution in [0.15, 0.2) is 18.3 Å². The fourth-order valence-corrected chi connectivity index (χ4v) is 1.94. The molecule has 0 saturated carbocycles. The SMILES string of the molecule is COc1cccnc1C1CNCCN1C. The average molecular weight is 207 g/mol. The Labute approximate surface area is 90.3 Å². The highest BCUT2D eigenvalue weighted by Gasteiger charge is 2.24. The Hall–Kier alpha value is -1.13. The van der Waals surface area contributed by atoms with E-state index in [2.05, 4.69) is 22.2 Å². The Morgan fingerprint density at radius 1 is 1.60 bits per heavy atom. The number of likely N-dealkylation sites (N-methyl/N-ethyl adjacent to an activating group) is 1. The van der Waals surface area contributed by atoms with Crippen LogP contribution in [0.1, 0.15) is 11.7 Å². The van der Waals surface area contributed by atoms with Crippen molar-refractivity contribution >= 4 is 0 Å². The summed E-state index contributed by atoms with van der Waals surface area (Å²) in [5, 5.41) is 3.38. The molecule has 4 heteroatoms. The molecule has 1 aliphatic rings. The standard InChI is InChI=1S/C11H17N3O/c1-14-7-6-12-8-9(14)11-10(15-2)4-3-5-13-11/h3-5,9,12H,6-8H2,1-2H3. The first-order valence-corrected chi connectivity index (χ1v) is 5.23. The molecule has 0 radical (unpaired) electrons. The summed E-state index contributed by atoms with van der Waals surface area (Å²) in [5.41, 5.74) is 1.02. The normalized spacial score (nSPS) is 22.7. The first-order chi connectivity index (χ1) is 7.33. The number of piperazine rings is 1. The fraction of sp³-hybridized carbons (Fsp3) is 0.545. The molecule has 0 bridgehead atoms. The summed E-state index contributed by atoms with van der Waals surface area (Å²) in [6.45, 7) is 3.02. The zero-order chi connectivity index (χ0) is 10.7. The molecule has 0 spiro atoms. The summed E-state index contributed by atoms with van der Waals surface area (Å²) in [6.07, 6.45) is 1.82. The third-order valence-corrected chi connectivity index (χ3v) is 2.85. The predicted octanol–water partition coefficient (Wildman–Crippen LogP) is 0.666. The number of ether oxygens (including phenoxy) is 1. The molecule has 2 rings (SSSR count). The van der Waals surface area contributed by atoms with Gasteiger partial charge in [-0.1, -0.05) is 0 Å². The van der Waals surface area contributed by atoms with E-state index in [9.17, 15) is 0 Å². The molecule has 4 nitrogen and oxygen atoms in total. The van der Waals surface area contributed by atoms with Crippen LogP contribution >= 0.6 is 0 Å². The van der Waals surface area contributed by atoms with Crippen LogP contribution in [0.3, 0.4) is 0 Å². The number of hydrogen-bond donors (Lipinski definition) is 1. The molecule has 1 aromatic rings. The minimum atomic E-state index is 0.315. The van der Waals surface area contributed by atoms with E-state index in [-0.39, 0.29) is 0 Å². The van der Waals surface area contributed by atoms with Crippen molar-refractivity contribution in [1.82, 2.24) is 15.2 Å². The number of pyridine rings is 1. The third kappa shape index (κ3) is 2.11. The molecule has 82 valence electrons. The lowest BCUT2D eigenvalue weighted by Crippen LogP contribution is -2.44. The Morgan fingerprint density at radius 2 is 2.47 bits per heavy atom. The van der Waals surface area contributed by atoms with Crippen molar-refractivity contribution < 1.29 is 4.74 Å². The molecule has 15 heavy (non-hydrogen) atoms. The van der Waals surface area contributed by atoms with Crippen molar-refractivity contribution in [3.63, 3.8) is 0 Å². The van der Waals surface area contributed by atoms with Crippen LogP contribution in [0.25, 0.3) is 0 Å². The zero-order valence-electron chi connectivity index (χ0n) is 9.23. The quantitative estimate of drug-likeness (QED) is 0.773. The Morgan fingerprint density at radius 3 is 3.20 bits per heavy atom. The van der Waals surface area contributed by atoms with Gasteiger partial charge in [0.05, 0.1) is 13.2 Å². The number of nitrogens with one attached hydrogen (secondary N) is 1. The van der Waals surface area contributed by atoms with E-state index in [0.29, 0.717) is 6.04 Å². The highest BCUT2D eigenvalue weighted by molar-refractivity contribution is 5.30. The van der Waals surface area contributed by atoms with Gasteiger partial charge in [-0.15, -0.1) is 0 Å². The second-order valence-corrected chi connectivity index (χ2v) is 3.79. The van der Waals surface area contributed by atoms with Crippen LogP contribution in [0, 0.1) is 0 Å². The summed E-state index contributed by atoms with van der Waals surface area (Å²) < 4.78 is 5.33. The van der Waals surface area contributed by atoms with Crippen LogP contribution < -0.4 is 10.1 Å². The van der Waals surface area contributed by atoms with Gasteiger partial charge >= 0.3 is 0 Å². The molecule has 1 N–H and O–H groups in total. The van der Waals surface area contributed by atoms with Crippen molar-refractivity contribution in [3.8, 4) is 5.75 Å². The van der Waals surface area contributed by atoms with Gasteiger partial charge in [0.1, 0.15) is 11.4 Å². The van der Waals surface area contributed by atoms with E-state index < -0.39 is 0 Å². The van der Waals surface area contributed by atoms with Gasteiger partial charge in [-0.05, 0) is 19.2 Å². The van der Waals surface area contributed by atoms with E-state index in [0.717, 1.165) is 31.1 Å². The maximum atomic E-state index is 5.33. The lowest BCUT2D eigenvalue weighted by atomic mass is 10.1. The van der Waals surface area contributed by atoms with Crippen LogP contribution in [-0.2, 0) is 0 Å². The zero-order valence-corrected chi connectivity index (χ0v) is 9.23. The van der Waals surface area contributed by atoms with Crippen LogP contribution in [0.2, 0.25) is 0 Å². The molecular weight excluding hydrogens is 190 g/mol. The molecule has 1 aromatic heterocycles. The molecule has 1 unspecified atom stereocenters. The van der Waals surface area contributed by atoms with Crippen LogP contribution in [-0.4, -0.2) is 43.7 Å². The van der Waals surface area contributed by atoms with Crippen molar-refractivity contribution in [3.05, 3.63) is 24.0 Å². The molecule has 1 fully saturated rings.